The van der Waals surface area contributed by atoms with Crippen LogP contribution in [0.1, 0.15) is 38.6 Å². The Morgan fingerprint density at radius 2 is 2.00 bits per heavy atom. The van der Waals surface area contributed by atoms with Gasteiger partial charge in [0.2, 0.25) is 0 Å². The molecule has 1 aliphatic rings. The van der Waals surface area contributed by atoms with Crippen LogP contribution in [0.2, 0.25) is 5.02 Å². The minimum Gasteiger partial charge on any atom is -0.465 e. The van der Waals surface area contributed by atoms with E-state index >= 15 is 0 Å². The van der Waals surface area contributed by atoms with Crippen molar-refractivity contribution in [2.75, 3.05) is 25.1 Å². The van der Waals surface area contributed by atoms with Crippen LogP contribution in [0.25, 0.3) is 10.6 Å². The maximum absolute atomic E-state index is 13.1. The molecule has 1 aromatic heterocycles. The second-order valence-corrected chi connectivity index (χ2v) is 9.58. The van der Waals surface area contributed by atoms with Crippen molar-refractivity contribution in [3.63, 3.8) is 0 Å². The zero-order chi connectivity index (χ0) is 25.1. The number of hydrogen-bond donors (Lipinski definition) is 1. The van der Waals surface area contributed by atoms with Gasteiger partial charge in [0.15, 0.2) is 0 Å². The number of nitro groups is 1. The van der Waals surface area contributed by atoms with Crippen LogP contribution in [0.4, 0.5) is 11.4 Å². The van der Waals surface area contributed by atoms with Gasteiger partial charge < -0.3 is 15.0 Å². The molecule has 4 rings (SSSR count). The number of nitrogens with zero attached hydrogens (tertiary/aromatic N) is 3. The molecular formula is C24H23ClN4O5S. The third kappa shape index (κ3) is 5.44. The van der Waals surface area contributed by atoms with E-state index < -0.39 is 10.9 Å². The summed E-state index contributed by atoms with van der Waals surface area (Å²) in [6, 6.07) is 11.6. The molecule has 0 spiro atoms. The zero-order valence-electron chi connectivity index (χ0n) is 19.1. The molecule has 0 radical (unpaired) electrons. The number of thiazole rings is 1. The number of piperidine rings is 1. The fourth-order valence-electron chi connectivity index (χ4n) is 4.06. The van der Waals surface area contributed by atoms with Crippen LogP contribution in [-0.2, 0) is 4.74 Å². The third-order valence-electron chi connectivity index (χ3n) is 5.80. The first-order valence-electron chi connectivity index (χ1n) is 10.9. The predicted molar refractivity (Wildman–Crippen MR) is 134 cm³/mol. The number of carbonyl (C=O) groups excluding carboxylic acids is 2. The lowest BCUT2D eigenvalue weighted by molar-refractivity contribution is -0.385. The highest BCUT2D eigenvalue weighted by atomic mass is 35.5. The van der Waals surface area contributed by atoms with Gasteiger partial charge in [-0.15, -0.1) is 11.3 Å². The van der Waals surface area contributed by atoms with Gasteiger partial charge in [-0.05, 0) is 44.0 Å². The maximum Gasteiger partial charge on any atom is 0.344 e. The molecule has 1 saturated heterocycles. The van der Waals surface area contributed by atoms with Gasteiger partial charge in [0.1, 0.15) is 15.4 Å². The van der Waals surface area contributed by atoms with E-state index in [1.807, 2.05) is 24.0 Å². The molecule has 2 aromatic carbocycles. The first kappa shape index (κ1) is 24.6. The molecular weight excluding hydrogens is 492 g/mol. The van der Waals surface area contributed by atoms with Gasteiger partial charge in [-0.3, -0.25) is 14.9 Å². The molecule has 2 heterocycles. The van der Waals surface area contributed by atoms with E-state index in [9.17, 15) is 19.7 Å². The Morgan fingerprint density at radius 3 is 2.69 bits per heavy atom. The van der Waals surface area contributed by atoms with Crippen molar-refractivity contribution in [3.05, 3.63) is 73.7 Å². The van der Waals surface area contributed by atoms with Crippen LogP contribution in [0.5, 0.6) is 0 Å². The standard InChI is InChI=1S/C24H23ClN4O5S/c1-14-21(35-23(26-14)15-5-7-16(25)8-6-15)22(30)27-17-4-3-11-28(13-17)18-9-10-20(29(32)33)19(12-18)24(31)34-2/h5-10,12,17H,3-4,11,13H2,1-2H3,(H,27,30)/t17-/m0/s1. The second-order valence-electron chi connectivity index (χ2n) is 8.15. The first-order chi connectivity index (χ1) is 16.8. The number of benzene rings is 2. The van der Waals surface area contributed by atoms with Crippen LogP contribution < -0.4 is 10.2 Å². The molecule has 0 saturated carbocycles. The number of aromatic nitrogens is 1. The summed E-state index contributed by atoms with van der Waals surface area (Å²) in [7, 11) is 1.19. The average molecular weight is 515 g/mol. The van der Waals surface area contributed by atoms with Gasteiger partial charge in [0.25, 0.3) is 11.6 Å². The number of anilines is 1. The topological polar surface area (TPSA) is 115 Å². The molecule has 11 heteroatoms. The molecule has 0 unspecified atom stereocenters. The van der Waals surface area contributed by atoms with Crippen molar-refractivity contribution in [1.82, 2.24) is 10.3 Å². The van der Waals surface area contributed by atoms with Gasteiger partial charge in [-0.2, -0.15) is 0 Å². The van der Waals surface area contributed by atoms with Gasteiger partial charge in [0, 0.05) is 41.5 Å². The Labute approximate surface area is 210 Å². The van der Waals surface area contributed by atoms with Crippen molar-refractivity contribution in [3.8, 4) is 10.6 Å². The SMILES string of the molecule is COC(=O)c1cc(N2CCC[C@H](NC(=O)c3sc(-c4ccc(Cl)cc4)nc3C)C2)ccc1[N+](=O)[O-]. The number of esters is 1. The lowest BCUT2D eigenvalue weighted by atomic mass is 10.0. The number of rotatable bonds is 6. The Bertz CT molecular complexity index is 1280. The Balaban J connectivity index is 1.48. The summed E-state index contributed by atoms with van der Waals surface area (Å²) in [5.74, 6) is -0.955. The van der Waals surface area contributed by atoms with E-state index in [2.05, 4.69) is 10.3 Å². The first-order valence-corrected chi connectivity index (χ1v) is 12.1. The van der Waals surface area contributed by atoms with Crippen LogP contribution in [0, 0.1) is 17.0 Å². The van der Waals surface area contributed by atoms with Crippen LogP contribution in [0.15, 0.2) is 42.5 Å². The Morgan fingerprint density at radius 1 is 1.26 bits per heavy atom. The molecule has 1 atom stereocenters. The number of hydrogen-bond acceptors (Lipinski definition) is 8. The molecule has 1 aliphatic heterocycles. The van der Waals surface area contributed by atoms with Crippen molar-refractivity contribution in [2.45, 2.75) is 25.8 Å². The average Bonchev–Trinajstić information content (AvgIpc) is 3.25. The Hall–Kier alpha value is -3.50. The van der Waals surface area contributed by atoms with Crippen LogP contribution in [-0.4, -0.2) is 48.0 Å². The third-order valence-corrected chi connectivity index (χ3v) is 7.26. The molecule has 3 aromatic rings. The van der Waals surface area contributed by atoms with Gasteiger partial charge in [-0.25, -0.2) is 9.78 Å². The van der Waals surface area contributed by atoms with Crippen molar-refractivity contribution in [2.24, 2.45) is 0 Å². The molecule has 1 amide bonds. The number of ether oxygens (including phenoxy) is 1. The number of carbonyl (C=O) groups is 2. The Kier molecular flexibility index (Phi) is 7.32. The van der Waals surface area contributed by atoms with Crippen molar-refractivity contribution < 1.29 is 19.2 Å². The lowest BCUT2D eigenvalue weighted by Crippen LogP contribution is -2.47. The lowest BCUT2D eigenvalue weighted by Gasteiger charge is -2.34. The number of halogens is 1. The van der Waals surface area contributed by atoms with Crippen molar-refractivity contribution in [1.29, 1.82) is 0 Å². The molecule has 1 N–H and O–H groups in total. The number of nitro benzene ring substituents is 1. The van der Waals surface area contributed by atoms with E-state index in [4.69, 9.17) is 16.3 Å². The number of amides is 1. The fourth-order valence-corrected chi connectivity index (χ4v) is 5.16. The summed E-state index contributed by atoms with van der Waals surface area (Å²) < 4.78 is 4.71. The number of aryl methyl sites for hydroxylation is 1. The van der Waals surface area contributed by atoms with E-state index in [1.165, 1.54) is 30.6 Å². The normalized spacial score (nSPS) is 15.5. The summed E-state index contributed by atoms with van der Waals surface area (Å²) in [6.07, 6.45) is 1.61. The van der Waals surface area contributed by atoms with E-state index in [0.717, 1.165) is 23.4 Å². The van der Waals surface area contributed by atoms with E-state index in [-0.39, 0.29) is 23.2 Å². The number of methoxy groups -OCH3 is 1. The zero-order valence-corrected chi connectivity index (χ0v) is 20.7. The summed E-state index contributed by atoms with van der Waals surface area (Å²) >= 11 is 7.29. The molecule has 0 aliphatic carbocycles. The summed E-state index contributed by atoms with van der Waals surface area (Å²) in [4.78, 5) is 42.9. The van der Waals surface area contributed by atoms with Crippen molar-refractivity contribution >= 4 is 46.2 Å². The molecule has 1 fully saturated rings. The molecule has 0 bridgehead atoms. The predicted octanol–water partition coefficient (Wildman–Crippen LogP) is 4.87. The van der Waals surface area contributed by atoms with E-state index in [1.54, 1.807) is 18.2 Å². The van der Waals surface area contributed by atoms with Gasteiger partial charge >= 0.3 is 5.97 Å². The quantitative estimate of drug-likeness (QED) is 0.283. The molecule has 9 nitrogen and oxygen atoms in total. The highest BCUT2D eigenvalue weighted by molar-refractivity contribution is 7.17. The highest BCUT2D eigenvalue weighted by Crippen LogP contribution is 2.30. The smallest absolute Gasteiger partial charge is 0.344 e. The highest BCUT2D eigenvalue weighted by Gasteiger charge is 2.27. The minimum absolute atomic E-state index is 0.101. The van der Waals surface area contributed by atoms with Gasteiger partial charge in [0.05, 0.1) is 17.7 Å². The fraction of sp³-hybridized carbons (Fsp3) is 0.292. The second kappa shape index (κ2) is 10.4. The molecule has 35 heavy (non-hydrogen) atoms. The summed E-state index contributed by atoms with van der Waals surface area (Å²) in [6.45, 7) is 3.01. The number of nitrogens with one attached hydrogen (secondary N) is 1. The largest absolute Gasteiger partial charge is 0.465 e. The maximum atomic E-state index is 13.1. The summed E-state index contributed by atoms with van der Waals surface area (Å²) in [5.41, 5.74) is 1.80. The van der Waals surface area contributed by atoms with Crippen LogP contribution >= 0.6 is 22.9 Å². The van der Waals surface area contributed by atoms with E-state index in [0.29, 0.717) is 34.4 Å². The molecule has 182 valence electrons. The van der Waals surface area contributed by atoms with Crippen LogP contribution in [0.3, 0.4) is 0 Å². The minimum atomic E-state index is -0.766. The summed E-state index contributed by atoms with van der Waals surface area (Å²) in [5, 5.41) is 15.8. The monoisotopic (exact) mass is 514 g/mol. The van der Waals surface area contributed by atoms with Gasteiger partial charge in [-0.1, -0.05) is 23.7 Å².